The molecule has 10 N–H and O–H groups in total. The Morgan fingerprint density at radius 1 is 0.976 bits per heavy atom. The molecule has 0 unspecified atom stereocenters. The normalized spacial score (nSPS) is 11.0. The number of amides is 1. The summed E-state index contributed by atoms with van der Waals surface area (Å²) in [6, 6.07) is 9.19. The zero-order valence-corrected chi connectivity index (χ0v) is 25.2. The van der Waals surface area contributed by atoms with Crippen LogP contribution in [0.25, 0.3) is 11.1 Å². The molecule has 0 saturated carbocycles. The van der Waals surface area contributed by atoms with Gasteiger partial charge in [-0.2, -0.15) is 16.8 Å². The molecule has 1 amide bonds. The number of nitrogens with zero attached hydrogens (tertiary/aromatic N) is 2. The highest BCUT2D eigenvalue weighted by Gasteiger charge is 2.23. The maximum Gasteiger partial charge on any atom is 0.354 e. The van der Waals surface area contributed by atoms with Crippen molar-refractivity contribution >= 4 is 38.5 Å². The van der Waals surface area contributed by atoms with Crippen molar-refractivity contribution in [3.8, 4) is 11.1 Å². The highest BCUT2D eigenvalue weighted by Crippen LogP contribution is 2.26. The van der Waals surface area contributed by atoms with E-state index < -0.39 is 32.1 Å². The summed E-state index contributed by atoms with van der Waals surface area (Å²) in [4.78, 5) is 23.5. The number of hydrogen-bond acceptors (Lipinski definition) is 9. The minimum absolute atomic E-state index is 0.188. The third-order valence-electron chi connectivity index (χ3n) is 5.48. The molecule has 0 aliphatic heterocycles. The zero-order valence-electron chi connectivity index (χ0n) is 23.6. The Morgan fingerprint density at radius 3 is 1.98 bits per heavy atom. The lowest BCUT2D eigenvalue weighted by molar-refractivity contribution is 0.0689. The third-order valence-corrected chi connectivity index (χ3v) is 7.28. The van der Waals surface area contributed by atoms with Gasteiger partial charge in [0.15, 0.2) is 5.69 Å². The summed E-state index contributed by atoms with van der Waals surface area (Å²) in [5.74, 6) is -1.67. The third kappa shape index (κ3) is 10.5. The SMILES string of the molecule is CCN.CNCCCNC(=O)c1ccc(-c2ccn(S(N)(=O)=O)c2C(=O)O)cc1.Cc1c(CC=N)ccn1S(N)(=O)=O. The molecule has 0 aliphatic rings. The first-order chi connectivity index (χ1) is 19.6. The van der Waals surface area contributed by atoms with Crippen molar-refractivity contribution in [2.75, 3.05) is 26.7 Å². The Balaban J connectivity index is 0.000000459. The number of aromatic nitrogens is 2. The number of carboxylic acid groups (broad SMARTS) is 1. The van der Waals surface area contributed by atoms with E-state index in [0.29, 0.717) is 33.8 Å². The molecular formula is C25H38N8O7S2. The van der Waals surface area contributed by atoms with Crippen LogP contribution in [-0.4, -0.2) is 74.7 Å². The highest BCUT2D eigenvalue weighted by molar-refractivity contribution is 7.87. The minimum atomic E-state index is -4.24. The fraction of sp³-hybridized carbons (Fsp3) is 0.320. The van der Waals surface area contributed by atoms with Crippen LogP contribution in [0.3, 0.4) is 0 Å². The summed E-state index contributed by atoms with van der Waals surface area (Å²) in [7, 11) is -6.10. The molecule has 2 aromatic heterocycles. The van der Waals surface area contributed by atoms with E-state index in [1.54, 1.807) is 37.3 Å². The molecule has 3 rings (SSSR count). The van der Waals surface area contributed by atoms with Crippen LogP contribution < -0.4 is 26.6 Å². The second-order valence-electron chi connectivity index (χ2n) is 8.60. The molecule has 0 radical (unpaired) electrons. The Labute approximate surface area is 245 Å². The van der Waals surface area contributed by atoms with E-state index >= 15 is 0 Å². The summed E-state index contributed by atoms with van der Waals surface area (Å²) in [6.07, 6.45) is 4.91. The first-order valence-electron chi connectivity index (χ1n) is 12.5. The van der Waals surface area contributed by atoms with Crippen molar-refractivity contribution in [3.63, 3.8) is 0 Å². The summed E-state index contributed by atoms with van der Waals surface area (Å²) < 4.78 is 46.4. The summed E-state index contributed by atoms with van der Waals surface area (Å²) >= 11 is 0. The lowest BCUT2D eigenvalue weighted by Gasteiger charge is -2.07. The molecule has 0 fully saturated rings. The van der Waals surface area contributed by atoms with E-state index in [1.165, 1.54) is 18.5 Å². The van der Waals surface area contributed by atoms with Crippen LogP contribution in [0.2, 0.25) is 0 Å². The number of carbonyl (C=O) groups excluding carboxylic acids is 1. The number of carbonyl (C=O) groups is 2. The second-order valence-corrected chi connectivity index (χ2v) is 11.4. The molecule has 2 heterocycles. The Kier molecular flexibility index (Phi) is 14.2. The van der Waals surface area contributed by atoms with Gasteiger partial charge in [-0.15, -0.1) is 0 Å². The van der Waals surface area contributed by atoms with Crippen LogP contribution in [-0.2, 0) is 26.8 Å². The van der Waals surface area contributed by atoms with Gasteiger partial charge in [0.2, 0.25) is 0 Å². The maximum absolute atomic E-state index is 12.0. The summed E-state index contributed by atoms with van der Waals surface area (Å²) in [6.45, 7) is 5.63. The molecule has 232 valence electrons. The molecule has 17 heteroatoms. The number of nitrogens with one attached hydrogen (secondary N) is 3. The molecule has 15 nitrogen and oxygen atoms in total. The van der Waals surface area contributed by atoms with Crippen LogP contribution >= 0.6 is 0 Å². The van der Waals surface area contributed by atoms with E-state index in [1.807, 2.05) is 14.0 Å². The van der Waals surface area contributed by atoms with Gasteiger partial charge in [-0.1, -0.05) is 19.1 Å². The van der Waals surface area contributed by atoms with Gasteiger partial charge in [-0.25, -0.2) is 23.0 Å². The van der Waals surface area contributed by atoms with Gasteiger partial charge in [0, 0.05) is 42.2 Å². The van der Waals surface area contributed by atoms with Gasteiger partial charge < -0.3 is 26.9 Å². The first-order valence-corrected chi connectivity index (χ1v) is 15.5. The van der Waals surface area contributed by atoms with E-state index in [0.717, 1.165) is 35.2 Å². The topological polar surface area (TPSA) is 258 Å². The van der Waals surface area contributed by atoms with Gasteiger partial charge >= 0.3 is 26.4 Å². The average Bonchev–Trinajstić information content (AvgIpc) is 3.52. The largest absolute Gasteiger partial charge is 0.477 e. The fourth-order valence-corrected chi connectivity index (χ4v) is 4.96. The standard InChI is InChI=1S/C16H20N4O5S.C7H11N3O2S.C2H7N/c1-18-8-2-9-19-15(21)12-5-3-11(4-6-12)13-7-10-20(26(17,24)25)14(13)16(22)23;1-6-7(2-4-8)3-5-10(6)13(9,11)12;1-2-3/h3-7,10,18H,2,8-9H2,1H3,(H,19,21)(H,22,23)(H2,17,24,25);3-5,8H,2H2,1H3,(H2,9,11,12);2-3H2,1H3. The molecular weight excluding hydrogens is 588 g/mol. The molecule has 1 aromatic carbocycles. The lowest BCUT2D eigenvalue weighted by Crippen LogP contribution is -2.26. The Bertz CT molecular complexity index is 1560. The van der Waals surface area contributed by atoms with Crippen molar-refractivity contribution in [1.82, 2.24) is 18.6 Å². The van der Waals surface area contributed by atoms with Crippen molar-refractivity contribution in [3.05, 3.63) is 71.3 Å². The van der Waals surface area contributed by atoms with Crippen LogP contribution in [0.4, 0.5) is 0 Å². The Hall–Kier alpha value is -3.87. The first kappa shape index (κ1) is 36.2. The number of rotatable bonds is 11. The fourth-order valence-electron chi connectivity index (χ4n) is 3.57. The molecule has 42 heavy (non-hydrogen) atoms. The van der Waals surface area contributed by atoms with Crippen LogP contribution in [0.15, 0.2) is 48.8 Å². The van der Waals surface area contributed by atoms with Crippen LogP contribution in [0, 0.1) is 12.3 Å². The van der Waals surface area contributed by atoms with E-state index in [9.17, 15) is 31.5 Å². The number of carboxylic acids is 1. The van der Waals surface area contributed by atoms with E-state index in [-0.39, 0.29) is 11.5 Å². The van der Waals surface area contributed by atoms with E-state index in [4.69, 9.17) is 21.4 Å². The average molecular weight is 627 g/mol. The molecule has 3 aromatic rings. The van der Waals surface area contributed by atoms with Gasteiger partial charge in [-0.05, 0) is 75.1 Å². The summed E-state index contributed by atoms with van der Waals surface area (Å²) in [5, 5.41) is 32.0. The molecule has 0 aliphatic carbocycles. The molecule has 0 bridgehead atoms. The predicted molar refractivity (Wildman–Crippen MR) is 161 cm³/mol. The number of hydrogen-bond donors (Lipinski definition) is 7. The predicted octanol–water partition coefficient (Wildman–Crippen LogP) is 0.249. The van der Waals surface area contributed by atoms with Gasteiger partial charge in [0.25, 0.3) is 5.91 Å². The molecule has 0 saturated heterocycles. The second kappa shape index (κ2) is 16.5. The highest BCUT2D eigenvalue weighted by atomic mass is 32.2. The lowest BCUT2D eigenvalue weighted by atomic mass is 10.0. The minimum Gasteiger partial charge on any atom is -0.477 e. The van der Waals surface area contributed by atoms with Gasteiger partial charge in [-0.3, -0.25) is 4.79 Å². The van der Waals surface area contributed by atoms with Crippen LogP contribution in [0.5, 0.6) is 0 Å². The monoisotopic (exact) mass is 626 g/mol. The van der Waals surface area contributed by atoms with Crippen LogP contribution in [0.1, 0.15) is 45.4 Å². The maximum atomic E-state index is 12.0. The number of benzene rings is 1. The van der Waals surface area contributed by atoms with Crippen molar-refractivity contribution in [2.24, 2.45) is 16.0 Å². The van der Waals surface area contributed by atoms with Gasteiger partial charge in [0.05, 0.1) is 0 Å². The van der Waals surface area contributed by atoms with E-state index in [2.05, 4.69) is 10.6 Å². The van der Waals surface area contributed by atoms with Crippen molar-refractivity contribution in [2.45, 2.75) is 26.7 Å². The number of nitrogens with two attached hydrogens (primary N) is 3. The van der Waals surface area contributed by atoms with Gasteiger partial charge in [0.1, 0.15) is 0 Å². The zero-order chi connectivity index (χ0) is 32.1. The Morgan fingerprint density at radius 2 is 1.52 bits per heavy atom. The molecule has 0 spiro atoms. The summed E-state index contributed by atoms with van der Waals surface area (Å²) in [5.41, 5.74) is 6.80. The quantitative estimate of drug-likeness (QED) is 0.113. The smallest absolute Gasteiger partial charge is 0.354 e. The van der Waals surface area contributed by atoms with Crippen molar-refractivity contribution < 1.29 is 31.5 Å². The molecule has 0 atom stereocenters. The van der Waals surface area contributed by atoms with Crippen molar-refractivity contribution in [1.29, 1.82) is 5.41 Å². The number of aromatic carboxylic acids is 1.